The van der Waals surface area contributed by atoms with Crippen LogP contribution in [0.4, 0.5) is 0 Å². The van der Waals surface area contributed by atoms with Crippen molar-refractivity contribution in [2.75, 3.05) is 0 Å². The molecule has 0 saturated heterocycles. The maximum Gasteiger partial charge on any atom is 0.325 e. The lowest BCUT2D eigenvalue weighted by molar-refractivity contribution is -0.137. The summed E-state index contributed by atoms with van der Waals surface area (Å²) in [6.45, 7) is 3.22. The Hall–Kier alpha value is -1.78. The van der Waals surface area contributed by atoms with E-state index in [0.29, 0.717) is 11.4 Å². The summed E-state index contributed by atoms with van der Waals surface area (Å²) in [5.74, 6) is -1.10. The molecule has 2 heterocycles. The van der Waals surface area contributed by atoms with E-state index in [1.165, 1.54) is 17.5 Å². The molecule has 0 aliphatic heterocycles. The average molecular weight is 344 g/mol. The highest BCUT2D eigenvalue weighted by Gasteiger charge is 2.33. The molecule has 8 nitrogen and oxygen atoms in total. The van der Waals surface area contributed by atoms with E-state index >= 15 is 0 Å². The number of nitrogens with zero attached hydrogens (tertiary/aromatic N) is 3. The summed E-state index contributed by atoms with van der Waals surface area (Å²) >= 11 is 1.37. The minimum absolute atomic E-state index is 0.0787. The van der Waals surface area contributed by atoms with E-state index in [2.05, 4.69) is 14.8 Å². The minimum Gasteiger partial charge on any atom is -0.480 e. The van der Waals surface area contributed by atoms with Gasteiger partial charge < -0.3 is 5.11 Å². The Balaban J connectivity index is 2.27. The molecular formula is C12H16N4O4S2. The Kier molecular flexibility index (Phi) is 4.63. The number of rotatable bonds is 7. The summed E-state index contributed by atoms with van der Waals surface area (Å²) in [5, 5.41) is 14.9. The molecule has 2 aromatic rings. The van der Waals surface area contributed by atoms with Crippen molar-refractivity contribution in [3.05, 3.63) is 29.0 Å². The van der Waals surface area contributed by atoms with Crippen molar-refractivity contribution >= 4 is 27.3 Å². The number of carbonyl (C=O) groups is 1. The molecule has 0 aliphatic rings. The molecule has 0 radical (unpaired) electrons. The molecule has 10 heteroatoms. The number of nitrogens with one attached hydrogen (secondary N) is 1. The van der Waals surface area contributed by atoms with E-state index < -0.39 is 28.1 Å². The van der Waals surface area contributed by atoms with Gasteiger partial charge in [0.15, 0.2) is 0 Å². The average Bonchev–Trinajstić information content (AvgIpc) is 3.08. The second-order valence-electron chi connectivity index (χ2n) is 4.90. The van der Waals surface area contributed by atoms with Crippen LogP contribution in [0, 0.1) is 0 Å². The van der Waals surface area contributed by atoms with Crippen molar-refractivity contribution < 1.29 is 18.3 Å². The van der Waals surface area contributed by atoms with Gasteiger partial charge in [0.05, 0.1) is 11.7 Å². The van der Waals surface area contributed by atoms with Crippen LogP contribution in [0.25, 0.3) is 0 Å². The van der Waals surface area contributed by atoms with Gasteiger partial charge in [-0.25, -0.2) is 13.4 Å². The third kappa shape index (κ3) is 3.51. The molecule has 0 amide bonds. The predicted octanol–water partition coefficient (Wildman–Crippen LogP) is 1.03. The van der Waals surface area contributed by atoms with Gasteiger partial charge in [-0.15, -0.1) is 11.3 Å². The van der Waals surface area contributed by atoms with E-state index in [0.717, 1.165) is 10.9 Å². The molecule has 120 valence electrons. The van der Waals surface area contributed by atoms with E-state index in [9.17, 15) is 13.2 Å². The molecule has 2 aromatic heterocycles. The highest BCUT2D eigenvalue weighted by atomic mass is 32.2. The molecule has 0 aromatic carbocycles. The molecular weight excluding hydrogens is 328 g/mol. The van der Waals surface area contributed by atoms with Gasteiger partial charge >= 0.3 is 5.97 Å². The molecule has 1 atom stereocenters. The van der Waals surface area contributed by atoms with Crippen molar-refractivity contribution in [3.8, 4) is 0 Å². The first-order chi connectivity index (χ1) is 10.3. The normalized spacial score (nSPS) is 14.6. The molecule has 0 saturated carbocycles. The second-order valence-corrected chi connectivity index (χ2v) is 7.47. The Morgan fingerprint density at radius 1 is 1.55 bits per heavy atom. The highest BCUT2D eigenvalue weighted by Crippen LogP contribution is 2.28. The van der Waals surface area contributed by atoms with Crippen molar-refractivity contribution in [1.82, 2.24) is 19.5 Å². The number of hydrogen-bond donors (Lipinski definition) is 2. The van der Waals surface area contributed by atoms with Crippen molar-refractivity contribution in [3.63, 3.8) is 0 Å². The number of carboxylic acid groups (broad SMARTS) is 1. The van der Waals surface area contributed by atoms with E-state index in [-0.39, 0.29) is 4.90 Å². The molecule has 0 bridgehead atoms. The lowest BCUT2D eigenvalue weighted by atomic mass is 10.0. The van der Waals surface area contributed by atoms with Crippen LogP contribution in [0.3, 0.4) is 0 Å². The van der Waals surface area contributed by atoms with Crippen molar-refractivity contribution in [1.29, 1.82) is 0 Å². The van der Waals surface area contributed by atoms with Crippen LogP contribution in [0.2, 0.25) is 0 Å². The quantitative estimate of drug-likeness (QED) is 0.775. The zero-order chi connectivity index (χ0) is 16.4. The van der Waals surface area contributed by atoms with Crippen LogP contribution in [0.1, 0.15) is 25.3 Å². The van der Waals surface area contributed by atoms with Gasteiger partial charge in [0, 0.05) is 17.8 Å². The molecule has 0 aliphatic carbocycles. The number of thiazole rings is 1. The molecule has 2 N–H and O–H groups in total. The smallest absolute Gasteiger partial charge is 0.325 e. The maximum atomic E-state index is 12.5. The standard InChI is InChI=1S/C12H16N4O4S2/c1-3-12(2,11-13-4-5-21-11)15-22(19,20)9-6-14-16(7-9)8-10(17)18/h4-7,15H,3,8H2,1-2H3,(H,17,18). The van der Waals surface area contributed by atoms with Crippen LogP contribution < -0.4 is 4.72 Å². The number of sulfonamides is 1. The topological polar surface area (TPSA) is 114 Å². The molecule has 22 heavy (non-hydrogen) atoms. The fraction of sp³-hybridized carbons (Fsp3) is 0.417. The summed E-state index contributed by atoms with van der Waals surface area (Å²) in [5.41, 5.74) is -0.831. The van der Waals surface area contributed by atoms with E-state index in [1.54, 1.807) is 18.5 Å². The number of carboxylic acids is 1. The van der Waals surface area contributed by atoms with Crippen LogP contribution in [-0.4, -0.2) is 34.3 Å². The van der Waals surface area contributed by atoms with Crippen LogP contribution in [0.15, 0.2) is 28.9 Å². The third-order valence-corrected chi connectivity index (χ3v) is 5.78. The summed E-state index contributed by atoms with van der Waals surface area (Å²) in [6, 6.07) is 0. The van der Waals surface area contributed by atoms with Gasteiger partial charge in [-0.2, -0.15) is 9.82 Å². The summed E-state index contributed by atoms with van der Waals surface area (Å²) in [6.07, 6.45) is 4.45. The van der Waals surface area contributed by atoms with E-state index in [4.69, 9.17) is 5.11 Å². The van der Waals surface area contributed by atoms with Gasteiger partial charge in [-0.05, 0) is 13.3 Å². The Bertz CT molecular complexity index is 754. The van der Waals surface area contributed by atoms with Crippen LogP contribution in [-0.2, 0) is 26.9 Å². The first-order valence-electron chi connectivity index (χ1n) is 6.45. The van der Waals surface area contributed by atoms with Gasteiger partial charge in [-0.3, -0.25) is 9.48 Å². The molecule has 0 spiro atoms. The van der Waals surface area contributed by atoms with Crippen molar-refractivity contribution in [2.45, 2.75) is 37.2 Å². The fourth-order valence-corrected chi connectivity index (χ4v) is 4.12. The zero-order valence-electron chi connectivity index (χ0n) is 12.1. The minimum atomic E-state index is -3.83. The summed E-state index contributed by atoms with van der Waals surface area (Å²) in [7, 11) is -3.83. The number of aromatic nitrogens is 3. The van der Waals surface area contributed by atoms with Crippen LogP contribution >= 0.6 is 11.3 Å². The van der Waals surface area contributed by atoms with E-state index in [1.807, 2.05) is 6.92 Å². The first kappa shape index (κ1) is 16.6. The fourth-order valence-electron chi connectivity index (χ4n) is 1.83. The van der Waals surface area contributed by atoms with Crippen molar-refractivity contribution in [2.24, 2.45) is 0 Å². The summed E-state index contributed by atoms with van der Waals surface area (Å²) in [4.78, 5) is 14.7. The summed E-state index contributed by atoms with van der Waals surface area (Å²) < 4.78 is 28.6. The Morgan fingerprint density at radius 2 is 2.27 bits per heavy atom. The molecule has 0 fully saturated rings. The Labute approximate surface area is 131 Å². The first-order valence-corrected chi connectivity index (χ1v) is 8.81. The van der Waals surface area contributed by atoms with Gasteiger partial charge in [0.25, 0.3) is 0 Å². The number of hydrogen-bond acceptors (Lipinski definition) is 6. The maximum absolute atomic E-state index is 12.5. The third-order valence-electron chi connectivity index (χ3n) is 3.19. The largest absolute Gasteiger partial charge is 0.480 e. The van der Waals surface area contributed by atoms with Gasteiger partial charge in [0.2, 0.25) is 10.0 Å². The molecule has 2 rings (SSSR count). The number of aliphatic carboxylic acids is 1. The lowest BCUT2D eigenvalue weighted by Gasteiger charge is -2.26. The predicted molar refractivity (Wildman–Crippen MR) is 79.9 cm³/mol. The van der Waals surface area contributed by atoms with Crippen LogP contribution in [0.5, 0.6) is 0 Å². The van der Waals surface area contributed by atoms with Gasteiger partial charge in [-0.1, -0.05) is 6.92 Å². The molecule has 1 unspecified atom stereocenters. The second kappa shape index (κ2) is 6.15. The lowest BCUT2D eigenvalue weighted by Crippen LogP contribution is -2.42. The highest BCUT2D eigenvalue weighted by molar-refractivity contribution is 7.89. The monoisotopic (exact) mass is 344 g/mol. The van der Waals surface area contributed by atoms with Gasteiger partial charge in [0.1, 0.15) is 16.4 Å². The Morgan fingerprint density at radius 3 is 2.82 bits per heavy atom. The zero-order valence-corrected chi connectivity index (χ0v) is 13.7. The SMILES string of the molecule is CCC(C)(NS(=O)(=O)c1cnn(CC(=O)O)c1)c1nccs1.